The second kappa shape index (κ2) is 7.23. The summed E-state index contributed by atoms with van der Waals surface area (Å²) in [6, 6.07) is 6.24. The summed E-state index contributed by atoms with van der Waals surface area (Å²) in [6.07, 6.45) is 3.23. The van der Waals surface area contributed by atoms with E-state index < -0.39 is 0 Å². The molecule has 0 bridgehead atoms. The maximum Gasteiger partial charge on any atom is 0.122 e. The Morgan fingerprint density at radius 1 is 1.38 bits per heavy atom. The molecule has 0 N–H and O–H groups in total. The van der Waals surface area contributed by atoms with Crippen LogP contribution < -0.4 is 4.74 Å². The van der Waals surface area contributed by atoms with Crippen LogP contribution in [0.2, 0.25) is 0 Å². The molecule has 0 heterocycles. The number of rotatable bonds is 6. The molecule has 1 rings (SSSR count). The van der Waals surface area contributed by atoms with Gasteiger partial charge in [0, 0.05) is 4.47 Å². The van der Waals surface area contributed by atoms with E-state index in [2.05, 4.69) is 48.2 Å². The van der Waals surface area contributed by atoms with E-state index in [9.17, 15) is 0 Å². The molecular formula is C13H19BrOS. The lowest BCUT2D eigenvalue weighted by atomic mass is 10.0. The molecule has 0 saturated heterocycles. The SMILES string of the molecule is CSCCCOc1ccc(Br)cc1C(C)C. The minimum atomic E-state index is 0.494. The Bertz CT molecular complexity index is 326. The van der Waals surface area contributed by atoms with Crippen molar-refractivity contribution in [2.45, 2.75) is 26.2 Å². The smallest absolute Gasteiger partial charge is 0.122 e. The number of benzene rings is 1. The second-order valence-corrected chi connectivity index (χ2v) is 5.93. The van der Waals surface area contributed by atoms with Gasteiger partial charge < -0.3 is 4.74 Å². The molecule has 1 nitrogen and oxygen atoms in total. The van der Waals surface area contributed by atoms with Crippen molar-refractivity contribution in [3.63, 3.8) is 0 Å². The molecule has 1 aromatic rings. The van der Waals surface area contributed by atoms with Crippen LogP contribution in [0, 0.1) is 0 Å². The monoisotopic (exact) mass is 302 g/mol. The highest BCUT2D eigenvalue weighted by molar-refractivity contribution is 9.10. The van der Waals surface area contributed by atoms with Crippen molar-refractivity contribution in [2.75, 3.05) is 18.6 Å². The van der Waals surface area contributed by atoms with Crippen LogP contribution in [-0.4, -0.2) is 18.6 Å². The molecule has 0 radical (unpaired) electrons. The zero-order valence-electron chi connectivity index (χ0n) is 10.1. The Kier molecular flexibility index (Phi) is 6.29. The van der Waals surface area contributed by atoms with Crippen molar-refractivity contribution in [2.24, 2.45) is 0 Å². The van der Waals surface area contributed by atoms with Crippen molar-refractivity contribution in [1.29, 1.82) is 0 Å². The average Bonchev–Trinajstić information content (AvgIpc) is 2.26. The third kappa shape index (κ3) is 4.38. The molecule has 0 saturated carbocycles. The summed E-state index contributed by atoms with van der Waals surface area (Å²) in [5, 5.41) is 0. The van der Waals surface area contributed by atoms with Gasteiger partial charge in [0.1, 0.15) is 5.75 Å². The predicted octanol–water partition coefficient (Wildman–Crippen LogP) is 4.70. The lowest BCUT2D eigenvalue weighted by Gasteiger charge is -2.14. The molecule has 1 aromatic carbocycles. The maximum absolute atomic E-state index is 5.82. The van der Waals surface area contributed by atoms with Gasteiger partial charge in [-0.3, -0.25) is 0 Å². The fourth-order valence-corrected chi connectivity index (χ4v) is 2.27. The highest BCUT2D eigenvalue weighted by atomic mass is 79.9. The zero-order valence-corrected chi connectivity index (χ0v) is 12.5. The highest BCUT2D eigenvalue weighted by Crippen LogP contribution is 2.29. The molecule has 0 unspecified atom stereocenters. The molecule has 0 aliphatic rings. The van der Waals surface area contributed by atoms with Gasteiger partial charge in [-0.25, -0.2) is 0 Å². The molecule has 90 valence electrons. The van der Waals surface area contributed by atoms with Crippen molar-refractivity contribution < 1.29 is 4.74 Å². The van der Waals surface area contributed by atoms with Gasteiger partial charge in [0.15, 0.2) is 0 Å². The topological polar surface area (TPSA) is 9.23 Å². The number of thioether (sulfide) groups is 1. The Morgan fingerprint density at radius 2 is 2.12 bits per heavy atom. The molecule has 0 aliphatic carbocycles. The first kappa shape index (κ1) is 13.9. The Morgan fingerprint density at radius 3 is 2.75 bits per heavy atom. The third-order valence-corrected chi connectivity index (χ3v) is 3.53. The molecule has 0 aliphatic heterocycles. The van der Waals surface area contributed by atoms with Crippen LogP contribution in [0.15, 0.2) is 22.7 Å². The fourth-order valence-electron chi connectivity index (χ4n) is 1.49. The van der Waals surface area contributed by atoms with Gasteiger partial charge in [-0.15, -0.1) is 0 Å². The summed E-state index contributed by atoms with van der Waals surface area (Å²) in [4.78, 5) is 0. The first-order valence-electron chi connectivity index (χ1n) is 5.56. The first-order valence-corrected chi connectivity index (χ1v) is 7.75. The van der Waals surface area contributed by atoms with Gasteiger partial charge in [0.25, 0.3) is 0 Å². The van der Waals surface area contributed by atoms with E-state index in [1.807, 2.05) is 17.8 Å². The first-order chi connectivity index (χ1) is 7.65. The molecular weight excluding hydrogens is 284 g/mol. The largest absolute Gasteiger partial charge is 0.493 e. The lowest BCUT2D eigenvalue weighted by molar-refractivity contribution is 0.314. The summed E-state index contributed by atoms with van der Waals surface area (Å²) in [6.45, 7) is 5.19. The molecule has 0 fully saturated rings. The van der Waals surface area contributed by atoms with E-state index in [0.29, 0.717) is 5.92 Å². The van der Waals surface area contributed by atoms with Crippen LogP contribution in [0.5, 0.6) is 5.75 Å². The summed E-state index contributed by atoms with van der Waals surface area (Å²) in [5.41, 5.74) is 1.28. The molecule has 0 atom stereocenters. The third-order valence-electron chi connectivity index (χ3n) is 2.34. The summed E-state index contributed by atoms with van der Waals surface area (Å²) in [5.74, 6) is 2.68. The van der Waals surface area contributed by atoms with E-state index in [-0.39, 0.29) is 0 Å². The zero-order chi connectivity index (χ0) is 12.0. The average molecular weight is 303 g/mol. The molecule has 0 amide bonds. The Hall–Kier alpha value is -0.150. The maximum atomic E-state index is 5.82. The van der Waals surface area contributed by atoms with Crippen LogP contribution in [0.1, 0.15) is 31.7 Å². The van der Waals surface area contributed by atoms with Crippen LogP contribution >= 0.6 is 27.7 Å². The lowest BCUT2D eigenvalue weighted by Crippen LogP contribution is -2.02. The number of halogens is 1. The molecule has 0 aromatic heterocycles. The molecule has 0 spiro atoms. The van der Waals surface area contributed by atoms with E-state index in [0.717, 1.165) is 29.0 Å². The number of hydrogen-bond donors (Lipinski definition) is 0. The van der Waals surface area contributed by atoms with Crippen LogP contribution in [0.25, 0.3) is 0 Å². The van der Waals surface area contributed by atoms with Crippen molar-refractivity contribution in [3.05, 3.63) is 28.2 Å². The van der Waals surface area contributed by atoms with Crippen molar-refractivity contribution >= 4 is 27.7 Å². The van der Waals surface area contributed by atoms with Gasteiger partial charge in [-0.1, -0.05) is 29.8 Å². The van der Waals surface area contributed by atoms with Gasteiger partial charge in [-0.05, 0) is 48.1 Å². The Balaban J connectivity index is 2.64. The van der Waals surface area contributed by atoms with Crippen LogP contribution in [0.4, 0.5) is 0 Å². The normalized spacial score (nSPS) is 10.8. The van der Waals surface area contributed by atoms with Crippen molar-refractivity contribution in [1.82, 2.24) is 0 Å². The van der Waals surface area contributed by atoms with Crippen molar-refractivity contribution in [3.8, 4) is 5.75 Å². The molecule has 3 heteroatoms. The number of hydrogen-bond acceptors (Lipinski definition) is 2. The molecule has 16 heavy (non-hydrogen) atoms. The van der Waals surface area contributed by atoms with Gasteiger partial charge in [0.2, 0.25) is 0 Å². The predicted molar refractivity (Wildman–Crippen MR) is 76.7 cm³/mol. The quantitative estimate of drug-likeness (QED) is 0.704. The second-order valence-electron chi connectivity index (χ2n) is 4.03. The fraction of sp³-hybridized carbons (Fsp3) is 0.538. The summed E-state index contributed by atoms with van der Waals surface area (Å²) in [7, 11) is 0. The van der Waals surface area contributed by atoms with Gasteiger partial charge >= 0.3 is 0 Å². The van der Waals surface area contributed by atoms with E-state index in [1.165, 1.54) is 5.56 Å². The van der Waals surface area contributed by atoms with E-state index >= 15 is 0 Å². The van der Waals surface area contributed by atoms with Gasteiger partial charge in [0.05, 0.1) is 6.61 Å². The van der Waals surface area contributed by atoms with E-state index in [4.69, 9.17) is 4.74 Å². The standard InChI is InChI=1S/C13H19BrOS/c1-10(2)12-9-11(14)5-6-13(12)15-7-4-8-16-3/h5-6,9-10H,4,7-8H2,1-3H3. The summed E-state index contributed by atoms with van der Waals surface area (Å²) < 4.78 is 6.94. The van der Waals surface area contributed by atoms with Crippen LogP contribution in [0.3, 0.4) is 0 Å². The Labute approximate surface area is 111 Å². The minimum Gasteiger partial charge on any atom is -0.493 e. The minimum absolute atomic E-state index is 0.494. The van der Waals surface area contributed by atoms with E-state index in [1.54, 1.807) is 0 Å². The number of ether oxygens (including phenoxy) is 1. The highest BCUT2D eigenvalue weighted by Gasteiger charge is 2.08. The van der Waals surface area contributed by atoms with Crippen LogP contribution in [-0.2, 0) is 0 Å². The summed E-state index contributed by atoms with van der Waals surface area (Å²) >= 11 is 5.36. The van der Waals surface area contributed by atoms with Gasteiger partial charge in [-0.2, -0.15) is 11.8 Å².